The summed E-state index contributed by atoms with van der Waals surface area (Å²) in [5, 5.41) is 22.4. The molecule has 0 aliphatic carbocycles. The Balaban J connectivity index is 0.791. The van der Waals surface area contributed by atoms with Gasteiger partial charge in [-0.25, -0.2) is 18.4 Å². The first-order chi connectivity index (χ1) is 38.1. The Bertz CT molecular complexity index is 3000. The predicted octanol–water partition coefficient (Wildman–Crippen LogP) is 8.37. The van der Waals surface area contributed by atoms with Crippen LogP contribution in [0.3, 0.4) is 0 Å². The molecule has 80 heavy (non-hydrogen) atoms. The number of halogens is 1. The predicted molar refractivity (Wildman–Crippen MR) is 312 cm³/mol. The number of carbonyl (C=O) groups excluding carboxylic acids is 3. The smallest absolute Gasteiger partial charge is 0.246 e. The molecule has 7 rings (SSSR count). The van der Waals surface area contributed by atoms with Crippen LogP contribution in [0.4, 0.5) is 23.1 Å². The number of aliphatic hydroxyl groups excluding tert-OH is 1. The number of hydrogen-bond acceptors (Lipinski definition) is 17. The van der Waals surface area contributed by atoms with E-state index in [1.807, 2.05) is 71.3 Å². The number of anilines is 4. The van der Waals surface area contributed by atoms with Crippen molar-refractivity contribution >= 4 is 73.6 Å². The number of β-amino-alcohol motifs (C(OH)–C–C–N with tert-alkyl or cyclic N) is 1. The fourth-order valence-corrected chi connectivity index (χ4v) is 11.8. The van der Waals surface area contributed by atoms with E-state index in [0.717, 1.165) is 59.7 Å². The van der Waals surface area contributed by atoms with Crippen LogP contribution in [0.25, 0.3) is 10.4 Å². The largest absolute Gasteiger partial charge is 0.489 e. The van der Waals surface area contributed by atoms with Gasteiger partial charge >= 0.3 is 0 Å². The number of aromatic nitrogens is 3. The van der Waals surface area contributed by atoms with Gasteiger partial charge < -0.3 is 55.1 Å². The molecule has 19 nitrogen and oxygen atoms in total. The number of aryl methyl sites for hydroxylation is 2. The summed E-state index contributed by atoms with van der Waals surface area (Å²) < 4.78 is 49.8. The zero-order valence-electron chi connectivity index (χ0n) is 47.3. The van der Waals surface area contributed by atoms with Gasteiger partial charge in [-0.1, -0.05) is 68.8 Å². The van der Waals surface area contributed by atoms with Crippen molar-refractivity contribution in [3.63, 3.8) is 0 Å². The Hall–Kier alpha value is -5.78. The maximum absolute atomic E-state index is 14.0. The number of amides is 3. The van der Waals surface area contributed by atoms with Crippen LogP contribution in [0.5, 0.6) is 5.75 Å². The van der Waals surface area contributed by atoms with E-state index in [1.54, 1.807) is 49.4 Å². The Morgan fingerprint density at radius 2 is 1.57 bits per heavy atom. The second-order valence-electron chi connectivity index (χ2n) is 21.9. The molecule has 2 fully saturated rings. The summed E-state index contributed by atoms with van der Waals surface area (Å²) in [4.78, 5) is 59.0. The quantitative estimate of drug-likeness (QED) is 0.0327. The molecule has 3 aromatic carbocycles. The highest BCUT2D eigenvalue weighted by Gasteiger charge is 2.44. The molecule has 0 spiro atoms. The van der Waals surface area contributed by atoms with E-state index in [-0.39, 0.29) is 73.0 Å². The molecule has 4 heterocycles. The number of thiazole rings is 1. The second kappa shape index (κ2) is 28.3. The number of ether oxygens (including phenoxy) is 4. The summed E-state index contributed by atoms with van der Waals surface area (Å²) in [7, 11) is -3.59. The van der Waals surface area contributed by atoms with Gasteiger partial charge in [0.2, 0.25) is 23.7 Å². The Kier molecular flexibility index (Phi) is 21.9. The number of para-hydroxylation sites is 1. The van der Waals surface area contributed by atoms with E-state index in [0.29, 0.717) is 42.9 Å². The van der Waals surface area contributed by atoms with E-state index >= 15 is 0 Å². The van der Waals surface area contributed by atoms with Gasteiger partial charge in [-0.05, 0) is 125 Å². The standard InChI is InChI=1S/C58H78ClN9O10S2/c1-36(2)78-49-30-44(38(5)28-47(49)64-57-61-32-45(59)54(66-57)63-46-12-10-11-13-50(46)80(73,74)37(3)4)41-18-20-67(21-19-41)22-23-75-24-25-76-26-27-77-34-51(70)65-53(58(7,8)9)56(72)68-33-43(69)29-48(68)55(71)60-31-40-14-16-42(17-15-40)52-39(6)62-35-79-52/h10-17,28,30,32,35-37,41,43,48,53,69H,18-27,29,31,33-34H2,1-9H3,(H,60,71)(H,65,70)(H2,61,63,64,66)/t43-,48+,53?/m1/s1. The number of hydrogen-bond donors (Lipinski definition) is 5. The summed E-state index contributed by atoms with van der Waals surface area (Å²) >= 11 is 8.10. The lowest BCUT2D eigenvalue weighted by molar-refractivity contribution is -0.144. The summed E-state index contributed by atoms with van der Waals surface area (Å²) in [5.74, 6) is 0.225. The van der Waals surface area contributed by atoms with Crippen LogP contribution < -0.4 is 26.0 Å². The zero-order valence-corrected chi connectivity index (χ0v) is 49.7. The van der Waals surface area contributed by atoms with Crippen molar-refractivity contribution in [2.45, 2.75) is 128 Å². The van der Waals surface area contributed by atoms with Gasteiger partial charge in [-0.15, -0.1) is 11.3 Å². The number of rotatable bonds is 26. The maximum Gasteiger partial charge on any atom is 0.246 e. The first-order valence-electron chi connectivity index (χ1n) is 27.3. The average Bonchev–Trinajstić information content (AvgIpc) is 4.06. The third-order valence-corrected chi connectivity index (χ3v) is 17.5. The minimum atomic E-state index is -3.59. The van der Waals surface area contributed by atoms with Crippen molar-refractivity contribution in [2.75, 3.05) is 76.5 Å². The van der Waals surface area contributed by atoms with Crippen molar-refractivity contribution < 1.29 is 46.9 Å². The minimum absolute atomic E-state index is 0.0202. The molecule has 2 aromatic heterocycles. The molecule has 1 unspecified atom stereocenters. The lowest BCUT2D eigenvalue weighted by Gasteiger charge is -2.35. The van der Waals surface area contributed by atoms with Gasteiger partial charge in [0.25, 0.3) is 0 Å². The molecular weight excluding hydrogens is 1080 g/mol. The molecule has 0 bridgehead atoms. The first kappa shape index (κ1) is 61.8. The lowest BCUT2D eigenvalue weighted by atomic mass is 9.85. The molecular formula is C58H78ClN9O10S2. The number of aliphatic hydroxyl groups is 1. The highest BCUT2D eigenvalue weighted by Crippen LogP contribution is 2.39. The topological polar surface area (TPSA) is 236 Å². The van der Waals surface area contributed by atoms with E-state index in [1.165, 1.54) is 16.7 Å². The summed E-state index contributed by atoms with van der Waals surface area (Å²) in [6, 6.07) is 16.8. The normalized spacial score (nSPS) is 16.7. The summed E-state index contributed by atoms with van der Waals surface area (Å²) in [6.07, 6.45) is 2.53. The fourth-order valence-electron chi connectivity index (χ4n) is 9.68. The number of nitrogens with zero attached hydrogens (tertiary/aromatic N) is 5. The molecule has 0 saturated carbocycles. The monoisotopic (exact) mass is 1160 g/mol. The van der Waals surface area contributed by atoms with Crippen LogP contribution in [0, 0.1) is 19.3 Å². The van der Waals surface area contributed by atoms with Gasteiger partial charge in [0.15, 0.2) is 15.7 Å². The molecule has 0 radical (unpaired) electrons. The van der Waals surface area contributed by atoms with Crippen LogP contribution in [-0.2, 0) is 45.0 Å². The number of benzene rings is 3. The van der Waals surface area contributed by atoms with Gasteiger partial charge in [0.05, 0.1) is 89.0 Å². The van der Waals surface area contributed by atoms with E-state index < -0.39 is 50.5 Å². The molecule has 5 N–H and O–H groups in total. The average molecular weight is 1160 g/mol. The van der Waals surface area contributed by atoms with Gasteiger partial charge in [0, 0.05) is 26.1 Å². The third-order valence-electron chi connectivity index (χ3n) is 14.1. The summed E-state index contributed by atoms with van der Waals surface area (Å²) in [6.45, 7) is 21.1. The van der Waals surface area contributed by atoms with E-state index in [2.05, 4.69) is 60.2 Å². The maximum atomic E-state index is 14.0. The fraction of sp³-hybridized carbons (Fsp3) is 0.517. The van der Waals surface area contributed by atoms with Crippen molar-refractivity contribution in [3.05, 3.63) is 99.8 Å². The van der Waals surface area contributed by atoms with Crippen LogP contribution in [-0.4, -0.2) is 151 Å². The van der Waals surface area contributed by atoms with Crippen molar-refractivity contribution in [1.82, 2.24) is 35.4 Å². The highest BCUT2D eigenvalue weighted by molar-refractivity contribution is 7.92. The molecule has 22 heteroatoms. The Morgan fingerprint density at radius 1 is 0.887 bits per heavy atom. The van der Waals surface area contributed by atoms with Crippen molar-refractivity contribution in [2.24, 2.45) is 5.41 Å². The van der Waals surface area contributed by atoms with E-state index in [9.17, 15) is 27.9 Å². The molecule has 3 atom stereocenters. The minimum Gasteiger partial charge on any atom is -0.489 e. The second-order valence-corrected chi connectivity index (χ2v) is 25.7. The molecule has 2 saturated heterocycles. The highest BCUT2D eigenvalue weighted by atomic mass is 35.5. The SMILES string of the molecule is Cc1cc(Nc2ncc(Cl)c(Nc3ccccc3S(=O)(=O)C(C)C)n2)c(OC(C)C)cc1C1CCN(CCOCCOCCOCC(=O)NC(C(=O)N2C[C@H](O)C[C@H]2C(=O)NCc2ccc(-c3scnc3C)cc2)C(C)(C)C)CC1. The molecule has 2 aliphatic heterocycles. The van der Waals surface area contributed by atoms with Crippen LogP contribution >= 0.6 is 22.9 Å². The molecule has 2 aliphatic rings. The number of nitrogens with one attached hydrogen (secondary N) is 4. The number of likely N-dealkylation sites (tertiary alicyclic amines) is 2. The van der Waals surface area contributed by atoms with E-state index in [4.69, 9.17) is 30.5 Å². The zero-order chi connectivity index (χ0) is 57.7. The molecule has 5 aromatic rings. The first-order valence-corrected chi connectivity index (χ1v) is 30.1. The number of carbonyl (C=O) groups is 3. The Morgan fingerprint density at radius 3 is 2.24 bits per heavy atom. The van der Waals surface area contributed by atoms with Crippen molar-refractivity contribution in [1.29, 1.82) is 0 Å². The van der Waals surface area contributed by atoms with Crippen LogP contribution in [0.2, 0.25) is 5.02 Å². The number of sulfone groups is 1. The van der Waals surface area contributed by atoms with Gasteiger partial charge in [-0.2, -0.15) is 4.98 Å². The van der Waals surface area contributed by atoms with Crippen LogP contribution in [0.15, 0.2) is 77.3 Å². The third kappa shape index (κ3) is 16.7. The lowest BCUT2D eigenvalue weighted by Crippen LogP contribution is -2.58. The summed E-state index contributed by atoms with van der Waals surface area (Å²) in [5.41, 5.74) is 7.40. The van der Waals surface area contributed by atoms with Gasteiger partial charge in [-0.3, -0.25) is 14.4 Å². The molecule has 434 valence electrons. The van der Waals surface area contributed by atoms with Gasteiger partial charge in [0.1, 0.15) is 29.5 Å². The number of piperidine rings is 1. The van der Waals surface area contributed by atoms with Crippen molar-refractivity contribution in [3.8, 4) is 16.2 Å². The Labute approximate surface area is 479 Å². The molecule has 3 amide bonds. The van der Waals surface area contributed by atoms with Crippen LogP contribution in [0.1, 0.15) is 96.0 Å².